The maximum Gasteiger partial charge on any atom is 0.339 e. The average Bonchev–Trinajstić information content (AvgIpc) is 3.20. The zero-order valence-corrected chi connectivity index (χ0v) is 16.3. The molecule has 150 valence electrons. The first-order chi connectivity index (χ1) is 13.6. The number of carbonyl (C=O) groups excluding carboxylic acids is 1. The molecule has 0 unspecified atom stereocenters. The molecule has 1 aromatic carbocycles. The molecule has 2 N–H and O–H groups in total. The van der Waals surface area contributed by atoms with E-state index in [0.717, 1.165) is 74.2 Å². The fourth-order valence-electron chi connectivity index (χ4n) is 4.10. The Labute approximate surface area is 163 Å². The van der Waals surface area contributed by atoms with E-state index < -0.39 is 0 Å². The van der Waals surface area contributed by atoms with Gasteiger partial charge in [-0.25, -0.2) is 4.79 Å². The standard InChI is InChI=1S/C21H26N2O5/c1-14-18(27-13-19(24)22-7-8-23-9-11-26-12-10-23)6-5-16-15-3-2-4-17(15)21(25)28-20(14)16/h5-6H,2-4,7-13H2,1H3,(H,22,24)/p+1. The lowest BCUT2D eigenvalue weighted by molar-refractivity contribution is -0.906. The van der Waals surface area contributed by atoms with E-state index >= 15 is 0 Å². The van der Waals surface area contributed by atoms with Gasteiger partial charge in [0.05, 0.1) is 26.3 Å². The first-order valence-corrected chi connectivity index (χ1v) is 10.0. The van der Waals surface area contributed by atoms with E-state index in [1.807, 2.05) is 19.1 Å². The average molecular weight is 387 g/mol. The van der Waals surface area contributed by atoms with E-state index in [2.05, 4.69) is 5.32 Å². The van der Waals surface area contributed by atoms with Crippen LogP contribution in [0.15, 0.2) is 21.3 Å². The van der Waals surface area contributed by atoms with E-state index in [9.17, 15) is 9.59 Å². The van der Waals surface area contributed by atoms with Crippen molar-refractivity contribution < 1.29 is 23.6 Å². The Balaban J connectivity index is 1.37. The van der Waals surface area contributed by atoms with Crippen molar-refractivity contribution in [3.8, 4) is 5.75 Å². The van der Waals surface area contributed by atoms with Crippen LogP contribution in [0.3, 0.4) is 0 Å². The smallest absolute Gasteiger partial charge is 0.339 e. The van der Waals surface area contributed by atoms with Gasteiger partial charge in [-0.3, -0.25) is 4.79 Å². The van der Waals surface area contributed by atoms with Crippen LogP contribution in [0.5, 0.6) is 5.75 Å². The monoisotopic (exact) mass is 387 g/mol. The van der Waals surface area contributed by atoms with E-state index in [-0.39, 0.29) is 18.1 Å². The van der Waals surface area contributed by atoms with Crippen LogP contribution in [0, 0.1) is 6.92 Å². The highest BCUT2D eigenvalue weighted by Gasteiger charge is 2.21. The summed E-state index contributed by atoms with van der Waals surface area (Å²) in [5.41, 5.74) is 2.99. The predicted octanol–water partition coefficient (Wildman–Crippen LogP) is 0.000220. The van der Waals surface area contributed by atoms with Crippen molar-refractivity contribution in [2.45, 2.75) is 26.2 Å². The topological polar surface area (TPSA) is 82.2 Å². The zero-order valence-electron chi connectivity index (χ0n) is 16.3. The van der Waals surface area contributed by atoms with Crippen molar-refractivity contribution in [1.29, 1.82) is 0 Å². The highest BCUT2D eigenvalue weighted by atomic mass is 16.5. The third-order valence-corrected chi connectivity index (χ3v) is 5.70. The van der Waals surface area contributed by atoms with Gasteiger partial charge < -0.3 is 24.1 Å². The molecule has 2 aliphatic rings. The van der Waals surface area contributed by atoms with Crippen LogP contribution >= 0.6 is 0 Å². The van der Waals surface area contributed by atoms with Crippen molar-refractivity contribution in [3.63, 3.8) is 0 Å². The van der Waals surface area contributed by atoms with Crippen molar-refractivity contribution in [3.05, 3.63) is 39.2 Å². The fourth-order valence-corrected chi connectivity index (χ4v) is 4.10. The molecule has 0 radical (unpaired) electrons. The molecule has 28 heavy (non-hydrogen) atoms. The molecule has 2 heterocycles. The van der Waals surface area contributed by atoms with Gasteiger partial charge in [-0.2, -0.15) is 0 Å². The predicted molar refractivity (Wildman–Crippen MR) is 104 cm³/mol. The molecule has 0 bridgehead atoms. The molecular formula is C21H27N2O5+. The lowest BCUT2D eigenvalue weighted by Crippen LogP contribution is -3.14. The second-order valence-corrected chi connectivity index (χ2v) is 7.52. The van der Waals surface area contributed by atoms with E-state index in [1.165, 1.54) is 4.90 Å². The van der Waals surface area contributed by atoms with Crippen LogP contribution in [-0.2, 0) is 22.4 Å². The quantitative estimate of drug-likeness (QED) is 0.682. The van der Waals surface area contributed by atoms with Crippen LogP contribution in [0.4, 0.5) is 0 Å². The van der Waals surface area contributed by atoms with Gasteiger partial charge in [0.25, 0.3) is 5.91 Å². The Morgan fingerprint density at radius 1 is 1.21 bits per heavy atom. The largest absolute Gasteiger partial charge is 0.483 e. The van der Waals surface area contributed by atoms with Crippen molar-refractivity contribution in [2.75, 3.05) is 46.0 Å². The van der Waals surface area contributed by atoms with Gasteiger partial charge in [0.1, 0.15) is 24.4 Å². The Bertz CT molecular complexity index is 931. The number of aryl methyl sites for hydroxylation is 2. The van der Waals surface area contributed by atoms with Gasteiger partial charge in [-0.1, -0.05) is 0 Å². The summed E-state index contributed by atoms with van der Waals surface area (Å²) < 4.78 is 16.6. The highest BCUT2D eigenvalue weighted by molar-refractivity contribution is 5.86. The number of fused-ring (bicyclic) bond motifs is 3. The van der Waals surface area contributed by atoms with E-state index in [4.69, 9.17) is 13.9 Å². The van der Waals surface area contributed by atoms with Gasteiger partial charge in [-0.15, -0.1) is 0 Å². The molecular weight excluding hydrogens is 360 g/mol. The summed E-state index contributed by atoms with van der Waals surface area (Å²) in [6.07, 6.45) is 2.69. The van der Waals surface area contributed by atoms with Crippen LogP contribution in [-0.4, -0.2) is 51.9 Å². The summed E-state index contributed by atoms with van der Waals surface area (Å²) in [6, 6.07) is 3.80. The number of benzene rings is 1. The van der Waals surface area contributed by atoms with Crippen molar-refractivity contribution in [1.82, 2.24) is 5.32 Å². The summed E-state index contributed by atoms with van der Waals surface area (Å²) in [6.45, 7) is 6.85. The summed E-state index contributed by atoms with van der Waals surface area (Å²) >= 11 is 0. The maximum absolute atomic E-state index is 12.2. The minimum atomic E-state index is -0.247. The number of ether oxygens (including phenoxy) is 2. The molecule has 7 heteroatoms. The number of carbonyl (C=O) groups is 1. The molecule has 0 atom stereocenters. The molecule has 4 rings (SSSR count). The fraction of sp³-hybridized carbons (Fsp3) is 0.524. The number of hydrogen-bond acceptors (Lipinski definition) is 5. The van der Waals surface area contributed by atoms with E-state index in [1.54, 1.807) is 0 Å². The summed E-state index contributed by atoms with van der Waals surface area (Å²) in [7, 11) is 0. The molecule has 7 nitrogen and oxygen atoms in total. The molecule has 1 amide bonds. The number of morpholine rings is 1. The summed E-state index contributed by atoms with van der Waals surface area (Å²) in [5, 5.41) is 3.88. The van der Waals surface area contributed by atoms with Gasteiger partial charge in [0.15, 0.2) is 6.61 Å². The lowest BCUT2D eigenvalue weighted by atomic mass is 10.0. The summed E-state index contributed by atoms with van der Waals surface area (Å²) in [4.78, 5) is 25.8. The molecule has 1 fully saturated rings. The molecule has 1 aliphatic carbocycles. The van der Waals surface area contributed by atoms with Crippen molar-refractivity contribution >= 4 is 16.9 Å². The molecule has 1 aliphatic heterocycles. The second-order valence-electron chi connectivity index (χ2n) is 7.52. The first kappa shape index (κ1) is 19.0. The first-order valence-electron chi connectivity index (χ1n) is 10.0. The number of quaternary nitrogens is 1. The Morgan fingerprint density at radius 3 is 2.82 bits per heavy atom. The molecule has 1 saturated heterocycles. The maximum atomic E-state index is 12.2. The van der Waals surface area contributed by atoms with Crippen LogP contribution in [0.1, 0.15) is 23.1 Å². The van der Waals surface area contributed by atoms with Gasteiger partial charge in [0.2, 0.25) is 0 Å². The summed E-state index contributed by atoms with van der Waals surface area (Å²) in [5.74, 6) is 0.421. The minimum Gasteiger partial charge on any atom is -0.483 e. The highest BCUT2D eigenvalue weighted by Crippen LogP contribution is 2.32. The third-order valence-electron chi connectivity index (χ3n) is 5.70. The van der Waals surface area contributed by atoms with Gasteiger partial charge in [-0.05, 0) is 43.9 Å². The molecule has 0 spiro atoms. The lowest BCUT2D eigenvalue weighted by Gasteiger charge is -2.23. The molecule has 0 saturated carbocycles. The van der Waals surface area contributed by atoms with Gasteiger partial charge in [0, 0.05) is 16.5 Å². The Hall–Kier alpha value is -2.38. The van der Waals surface area contributed by atoms with Crippen LogP contribution in [0.2, 0.25) is 0 Å². The third kappa shape index (κ3) is 3.91. The zero-order chi connectivity index (χ0) is 19.5. The SMILES string of the molecule is Cc1c(OCC(=O)NCC[NH+]2CCOCC2)ccc2c3c(c(=O)oc12)CCC3. The van der Waals surface area contributed by atoms with E-state index in [0.29, 0.717) is 17.9 Å². The second kappa shape index (κ2) is 8.32. The molecule has 1 aromatic heterocycles. The Kier molecular flexibility index (Phi) is 5.64. The number of hydrogen-bond donors (Lipinski definition) is 2. The molecule has 2 aromatic rings. The number of rotatable bonds is 6. The minimum absolute atomic E-state index is 0.0556. The number of nitrogens with one attached hydrogen (secondary N) is 2. The van der Waals surface area contributed by atoms with Crippen molar-refractivity contribution in [2.24, 2.45) is 0 Å². The number of amides is 1. The Morgan fingerprint density at radius 2 is 2.00 bits per heavy atom. The normalized spacial score (nSPS) is 16.9. The van der Waals surface area contributed by atoms with Gasteiger partial charge >= 0.3 is 5.63 Å². The van der Waals surface area contributed by atoms with Crippen LogP contribution < -0.4 is 20.6 Å². The van der Waals surface area contributed by atoms with Crippen LogP contribution in [0.25, 0.3) is 11.0 Å².